The van der Waals surface area contributed by atoms with Gasteiger partial charge < -0.3 is 9.80 Å². The van der Waals surface area contributed by atoms with Crippen LogP contribution in [0.4, 0.5) is 0 Å². The summed E-state index contributed by atoms with van der Waals surface area (Å²) < 4.78 is 0. The van der Waals surface area contributed by atoms with E-state index in [9.17, 15) is 9.59 Å². The molecular weight excluding hydrogens is 240 g/mol. The van der Waals surface area contributed by atoms with Crippen LogP contribution in [0.15, 0.2) is 0 Å². The minimum absolute atomic E-state index is 0.211. The van der Waals surface area contributed by atoms with Gasteiger partial charge in [0.25, 0.3) is 0 Å². The van der Waals surface area contributed by atoms with Gasteiger partial charge in [-0.2, -0.15) is 0 Å². The minimum atomic E-state index is 0.211. The predicted molar refractivity (Wildman–Crippen MR) is 65.8 cm³/mol. The second-order valence-corrected chi connectivity index (χ2v) is 5.21. The van der Waals surface area contributed by atoms with Crippen molar-refractivity contribution in [2.45, 2.75) is 25.7 Å². The molecule has 1 unspecified atom stereocenters. The Labute approximate surface area is 107 Å². The highest BCUT2D eigenvalue weighted by Gasteiger charge is 2.28. The van der Waals surface area contributed by atoms with Gasteiger partial charge in [-0.05, 0) is 18.8 Å². The molecule has 2 heterocycles. The van der Waals surface area contributed by atoms with E-state index in [0.29, 0.717) is 24.6 Å². The highest BCUT2D eigenvalue weighted by Crippen LogP contribution is 2.19. The molecule has 0 aromatic carbocycles. The fourth-order valence-electron chi connectivity index (χ4n) is 2.57. The first-order chi connectivity index (χ1) is 8.20. The number of hydrogen-bond donors (Lipinski definition) is 0. The molecule has 96 valence electrons. The van der Waals surface area contributed by atoms with Crippen LogP contribution in [-0.4, -0.2) is 53.7 Å². The summed E-state index contributed by atoms with van der Waals surface area (Å²) in [4.78, 5) is 26.8. The maximum absolute atomic E-state index is 11.6. The lowest BCUT2D eigenvalue weighted by Gasteiger charge is -2.19. The number of rotatable bonds is 5. The second-order valence-electron chi connectivity index (χ2n) is 4.90. The molecule has 17 heavy (non-hydrogen) atoms. The van der Waals surface area contributed by atoms with E-state index in [1.165, 1.54) is 0 Å². The zero-order chi connectivity index (χ0) is 12.3. The Morgan fingerprint density at radius 3 is 2.53 bits per heavy atom. The van der Waals surface area contributed by atoms with Crippen LogP contribution < -0.4 is 0 Å². The molecule has 5 heteroatoms. The van der Waals surface area contributed by atoms with Gasteiger partial charge in [0, 0.05) is 44.9 Å². The molecule has 0 N–H and O–H groups in total. The first kappa shape index (κ1) is 12.7. The average Bonchev–Trinajstić information content (AvgIpc) is 2.87. The van der Waals surface area contributed by atoms with Crippen LogP contribution in [-0.2, 0) is 9.59 Å². The van der Waals surface area contributed by atoms with E-state index in [4.69, 9.17) is 11.6 Å². The monoisotopic (exact) mass is 258 g/mol. The maximum Gasteiger partial charge on any atom is 0.222 e. The van der Waals surface area contributed by atoms with Crippen molar-refractivity contribution in [1.29, 1.82) is 0 Å². The Morgan fingerprint density at radius 2 is 1.94 bits per heavy atom. The highest BCUT2D eigenvalue weighted by molar-refractivity contribution is 6.18. The van der Waals surface area contributed by atoms with E-state index in [2.05, 4.69) is 0 Å². The van der Waals surface area contributed by atoms with Crippen molar-refractivity contribution in [3.05, 3.63) is 0 Å². The molecule has 2 amide bonds. The van der Waals surface area contributed by atoms with Gasteiger partial charge in [-0.15, -0.1) is 11.6 Å². The minimum Gasteiger partial charge on any atom is -0.343 e. The van der Waals surface area contributed by atoms with Crippen LogP contribution in [0.1, 0.15) is 25.7 Å². The van der Waals surface area contributed by atoms with Crippen LogP contribution in [0.2, 0.25) is 0 Å². The largest absolute Gasteiger partial charge is 0.343 e. The van der Waals surface area contributed by atoms with E-state index in [1.54, 1.807) is 0 Å². The third-order valence-corrected chi connectivity index (χ3v) is 3.98. The molecule has 0 saturated carbocycles. The van der Waals surface area contributed by atoms with Crippen LogP contribution in [0, 0.1) is 5.92 Å². The summed E-state index contributed by atoms with van der Waals surface area (Å²) in [6, 6.07) is 0. The molecule has 1 atom stereocenters. The van der Waals surface area contributed by atoms with Crippen molar-refractivity contribution in [1.82, 2.24) is 9.80 Å². The zero-order valence-electron chi connectivity index (χ0n) is 10.0. The number of amides is 2. The molecule has 2 aliphatic rings. The number of hydrogen-bond acceptors (Lipinski definition) is 2. The topological polar surface area (TPSA) is 40.6 Å². The van der Waals surface area contributed by atoms with Crippen LogP contribution >= 0.6 is 11.6 Å². The lowest BCUT2D eigenvalue weighted by molar-refractivity contribution is -0.128. The van der Waals surface area contributed by atoms with Crippen molar-refractivity contribution in [3.8, 4) is 0 Å². The molecule has 2 saturated heterocycles. The number of likely N-dealkylation sites (tertiary alicyclic amines) is 2. The molecule has 2 aliphatic heterocycles. The van der Waals surface area contributed by atoms with Crippen molar-refractivity contribution < 1.29 is 9.59 Å². The zero-order valence-corrected chi connectivity index (χ0v) is 10.8. The van der Waals surface area contributed by atoms with Gasteiger partial charge in [0.15, 0.2) is 0 Å². The fraction of sp³-hybridized carbons (Fsp3) is 0.833. The number of carbonyl (C=O) groups is 2. The fourth-order valence-corrected chi connectivity index (χ4v) is 2.77. The third kappa shape index (κ3) is 3.12. The van der Waals surface area contributed by atoms with Gasteiger partial charge in [0.05, 0.1) is 0 Å². The molecule has 0 bridgehead atoms. The van der Waals surface area contributed by atoms with E-state index in [1.807, 2.05) is 9.80 Å². The van der Waals surface area contributed by atoms with E-state index < -0.39 is 0 Å². The first-order valence-electron chi connectivity index (χ1n) is 6.32. The molecule has 0 spiro atoms. The van der Waals surface area contributed by atoms with Crippen molar-refractivity contribution in [2.75, 3.05) is 32.1 Å². The van der Waals surface area contributed by atoms with Crippen molar-refractivity contribution in [2.24, 2.45) is 5.92 Å². The Morgan fingerprint density at radius 1 is 1.18 bits per heavy atom. The lowest BCUT2D eigenvalue weighted by Crippen LogP contribution is -2.31. The van der Waals surface area contributed by atoms with Crippen LogP contribution in [0.3, 0.4) is 0 Å². The van der Waals surface area contributed by atoms with E-state index in [0.717, 1.165) is 39.0 Å². The standard InChI is InChI=1S/C12H19ClN2O2/c13-8-10-7-12(17)15(9-10)6-2-5-14-4-1-3-11(14)16/h10H,1-9H2. The quantitative estimate of drug-likeness (QED) is 0.693. The van der Waals surface area contributed by atoms with Gasteiger partial charge >= 0.3 is 0 Å². The maximum atomic E-state index is 11.6. The van der Waals surface area contributed by atoms with Gasteiger partial charge in [-0.3, -0.25) is 9.59 Å². The van der Waals surface area contributed by atoms with Crippen LogP contribution in [0.5, 0.6) is 0 Å². The number of carbonyl (C=O) groups excluding carboxylic acids is 2. The van der Waals surface area contributed by atoms with Crippen molar-refractivity contribution in [3.63, 3.8) is 0 Å². The molecular formula is C12H19ClN2O2. The third-order valence-electron chi connectivity index (χ3n) is 3.54. The molecule has 2 rings (SSSR count). The molecule has 0 aliphatic carbocycles. The molecule has 0 radical (unpaired) electrons. The summed E-state index contributed by atoms with van der Waals surface area (Å²) >= 11 is 5.76. The van der Waals surface area contributed by atoms with Gasteiger partial charge in [0.2, 0.25) is 11.8 Å². The summed E-state index contributed by atoms with van der Waals surface area (Å²) in [5, 5.41) is 0. The Bertz CT molecular complexity index is 309. The smallest absolute Gasteiger partial charge is 0.222 e. The molecule has 0 aromatic heterocycles. The summed E-state index contributed by atoms with van der Waals surface area (Å²) in [6.07, 6.45) is 3.14. The summed E-state index contributed by atoms with van der Waals surface area (Å²) in [5.74, 6) is 1.35. The Hall–Kier alpha value is -0.770. The van der Waals surface area contributed by atoms with E-state index in [-0.39, 0.29) is 11.8 Å². The first-order valence-corrected chi connectivity index (χ1v) is 6.85. The summed E-state index contributed by atoms with van der Waals surface area (Å²) in [7, 11) is 0. The molecule has 0 aromatic rings. The SMILES string of the molecule is O=C1CCCN1CCCN1CC(CCl)CC1=O. The van der Waals surface area contributed by atoms with Gasteiger partial charge in [-0.25, -0.2) is 0 Å². The van der Waals surface area contributed by atoms with E-state index >= 15 is 0 Å². The highest BCUT2D eigenvalue weighted by atomic mass is 35.5. The average molecular weight is 259 g/mol. The van der Waals surface area contributed by atoms with Crippen molar-refractivity contribution >= 4 is 23.4 Å². The lowest BCUT2D eigenvalue weighted by atomic mass is 10.1. The number of alkyl halides is 1. The summed E-state index contributed by atoms with van der Waals surface area (Å²) in [5.41, 5.74) is 0. The Kier molecular flexibility index (Phi) is 4.26. The predicted octanol–water partition coefficient (Wildman–Crippen LogP) is 1.09. The number of halogens is 1. The summed E-state index contributed by atoms with van der Waals surface area (Å²) in [6.45, 7) is 3.22. The van der Waals surface area contributed by atoms with Gasteiger partial charge in [0.1, 0.15) is 0 Å². The normalized spacial score (nSPS) is 25.1. The number of nitrogens with zero attached hydrogens (tertiary/aromatic N) is 2. The second kappa shape index (κ2) is 5.71. The Balaban J connectivity index is 1.68. The van der Waals surface area contributed by atoms with Crippen LogP contribution in [0.25, 0.3) is 0 Å². The molecule has 2 fully saturated rings. The molecule has 4 nitrogen and oxygen atoms in total. The van der Waals surface area contributed by atoms with Gasteiger partial charge in [-0.1, -0.05) is 0 Å².